The van der Waals surface area contributed by atoms with Gasteiger partial charge < -0.3 is 10.1 Å². The lowest BCUT2D eigenvalue weighted by molar-refractivity contribution is 0.380. The van der Waals surface area contributed by atoms with Crippen molar-refractivity contribution in [1.29, 1.82) is 5.26 Å². The number of anilines is 1. The summed E-state index contributed by atoms with van der Waals surface area (Å²) in [6.07, 6.45) is 6.20. The third-order valence-corrected chi connectivity index (χ3v) is 5.78. The van der Waals surface area contributed by atoms with Crippen LogP contribution in [0.4, 0.5) is 5.95 Å². The summed E-state index contributed by atoms with van der Waals surface area (Å²) in [5.41, 5.74) is 3.10. The van der Waals surface area contributed by atoms with Crippen LogP contribution in [-0.2, 0) is 0 Å². The molecular weight excluding hydrogens is 454 g/mol. The lowest BCUT2D eigenvalue weighted by atomic mass is 9.99. The van der Waals surface area contributed by atoms with Crippen molar-refractivity contribution >= 4 is 16.7 Å². The van der Waals surface area contributed by atoms with Crippen LogP contribution in [0.15, 0.2) is 84.2 Å². The van der Waals surface area contributed by atoms with Crippen molar-refractivity contribution < 1.29 is 4.74 Å². The molecule has 3 heterocycles. The van der Waals surface area contributed by atoms with Crippen molar-refractivity contribution in [1.82, 2.24) is 24.5 Å². The molecule has 2 aromatic carbocycles. The number of hydrogen-bond acceptors (Lipinski definition) is 8. The zero-order chi connectivity index (χ0) is 25.1. The van der Waals surface area contributed by atoms with Crippen LogP contribution >= 0.6 is 0 Å². The molecule has 0 aliphatic heterocycles. The van der Waals surface area contributed by atoms with Crippen LogP contribution in [0.2, 0.25) is 0 Å². The Morgan fingerprint density at radius 3 is 2.36 bits per heavy atom. The van der Waals surface area contributed by atoms with Crippen LogP contribution in [0.25, 0.3) is 27.6 Å². The number of ether oxygens (including phenoxy) is 1. The van der Waals surface area contributed by atoms with Crippen molar-refractivity contribution in [2.75, 3.05) is 12.4 Å². The number of rotatable bonds is 6. The maximum Gasteiger partial charge on any atom is 0.316 e. The van der Waals surface area contributed by atoms with Gasteiger partial charge in [0.1, 0.15) is 6.07 Å². The molecule has 9 heteroatoms. The Morgan fingerprint density at radius 2 is 1.69 bits per heavy atom. The van der Waals surface area contributed by atoms with E-state index in [4.69, 9.17) is 10.00 Å². The fraction of sp³-hybridized carbons (Fsp3) is 0.111. The number of nitrogens with zero attached hydrogens (tertiary/aromatic N) is 6. The van der Waals surface area contributed by atoms with Crippen molar-refractivity contribution in [3.63, 3.8) is 0 Å². The number of pyridine rings is 1. The summed E-state index contributed by atoms with van der Waals surface area (Å²) < 4.78 is 6.77. The van der Waals surface area contributed by atoms with Crippen LogP contribution in [0.3, 0.4) is 0 Å². The first kappa shape index (κ1) is 22.7. The van der Waals surface area contributed by atoms with Gasteiger partial charge in [0.25, 0.3) is 5.56 Å². The Kier molecular flexibility index (Phi) is 6.07. The van der Waals surface area contributed by atoms with Gasteiger partial charge in [-0.3, -0.25) is 9.36 Å². The van der Waals surface area contributed by atoms with Gasteiger partial charge in [0, 0.05) is 29.3 Å². The van der Waals surface area contributed by atoms with Gasteiger partial charge in [-0.25, -0.2) is 19.9 Å². The Balaban J connectivity index is 1.69. The number of hydrogen-bond donors (Lipinski definition) is 1. The molecule has 36 heavy (non-hydrogen) atoms. The third-order valence-electron chi connectivity index (χ3n) is 5.78. The second kappa shape index (κ2) is 9.64. The van der Waals surface area contributed by atoms with Gasteiger partial charge in [0.05, 0.1) is 36.5 Å². The Morgan fingerprint density at radius 1 is 0.972 bits per heavy atom. The van der Waals surface area contributed by atoms with E-state index in [2.05, 4.69) is 25.3 Å². The molecule has 0 radical (unpaired) electrons. The van der Waals surface area contributed by atoms with Gasteiger partial charge in [0.2, 0.25) is 5.95 Å². The molecule has 1 atom stereocenters. The number of aromatic nitrogens is 5. The van der Waals surface area contributed by atoms with E-state index < -0.39 is 0 Å². The highest BCUT2D eigenvalue weighted by atomic mass is 16.5. The topological polar surface area (TPSA) is 119 Å². The summed E-state index contributed by atoms with van der Waals surface area (Å²) >= 11 is 0. The van der Waals surface area contributed by atoms with Gasteiger partial charge in [-0.05, 0) is 36.1 Å². The minimum Gasteiger partial charge on any atom is -0.467 e. The number of nitriles is 1. The molecule has 176 valence electrons. The second-order valence-corrected chi connectivity index (χ2v) is 8.05. The summed E-state index contributed by atoms with van der Waals surface area (Å²) in [4.78, 5) is 31.0. The number of fused-ring (bicyclic) bond motifs is 1. The van der Waals surface area contributed by atoms with Gasteiger partial charge >= 0.3 is 6.01 Å². The fourth-order valence-corrected chi connectivity index (χ4v) is 4.07. The van der Waals surface area contributed by atoms with E-state index in [1.807, 2.05) is 67.6 Å². The second-order valence-electron chi connectivity index (χ2n) is 8.05. The average molecular weight is 476 g/mol. The third kappa shape index (κ3) is 4.23. The minimum atomic E-state index is -0.330. The molecule has 9 nitrogen and oxygen atoms in total. The largest absolute Gasteiger partial charge is 0.467 e. The summed E-state index contributed by atoms with van der Waals surface area (Å²) in [6, 6.07) is 19.1. The molecule has 0 amide bonds. The standard InChI is InChI=1S/C27H21N7O2/c1-17(33-26-29-13-18(12-28)14-30-26)23-11-19-7-6-10-22(20-15-31-27(36-2)32-16-20)24(19)25(35)34(23)21-8-4-3-5-9-21/h3-11,13-17H,1-2H3,(H,29,30,33)/t17-/m0/s1. The zero-order valence-corrected chi connectivity index (χ0v) is 19.6. The molecule has 5 rings (SSSR count). The molecule has 5 aromatic rings. The lowest BCUT2D eigenvalue weighted by Gasteiger charge is -2.21. The highest BCUT2D eigenvalue weighted by molar-refractivity contribution is 5.96. The van der Waals surface area contributed by atoms with Crippen molar-refractivity contribution in [2.24, 2.45) is 0 Å². The maximum atomic E-state index is 14.1. The normalized spacial score (nSPS) is 11.6. The Bertz CT molecular complexity index is 1620. The predicted molar refractivity (Wildman–Crippen MR) is 136 cm³/mol. The molecular formula is C27H21N7O2. The van der Waals surface area contributed by atoms with Gasteiger partial charge in [-0.2, -0.15) is 5.26 Å². The molecule has 0 saturated carbocycles. The molecule has 0 saturated heterocycles. The SMILES string of the molecule is COc1ncc(-c2cccc3cc([C@H](C)Nc4ncc(C#N)cn4)n(-c4ccccc4)c(=O)c23)cn1. The van der Waals surface area contributed by atoms with E-state index in [9.17, 15) is 4.79 Å². The first-order chi connectivity index (χ1) is 17.6. The molecule has 0 spiro atoms. The van der Waals surface area contributed by atoms with Gasteiger partial charge in [0.15, 0.2) is 0 Å². The molecule has 0 fully saturated rings. The van der Waals surface area contributed by atoms with E-state index in [-0.39, 0.29) is 17.6 Å². The highest BCUT2D eigenvalue weighted by Gasteiger charge is 2.19. The summed E-state index contributed by atoms with van der Waals surface area (Å²) in [5.74, 6) is 0.359. The summed E-state index contributed by atoms with van der Waals surface area (Å²) in [6.45, 7) is 1.93. The van der Waals surface area contributed by atoms with Crippen LogP contribution in [0.5, 0.6) is 6.01 Å². The Hall–Kier alpha value is -5.10. The van der Waals surface area contributed by atoms with E-state index >= 15 is 0 Å². The summed E-state index contributed by atoms with van der Waals surface area (Å²) in [7, 11) is 1.51. The predicted octanol–water partition coefficient (Wildman–Crippen LogP) is 4.29. The lowest BCUT2D eigenvalue weighted by Crippen LogP contribution is -2.26. The molecule has 3 aromatic heterocycles. The summed E-state index contributed by atoms with van der Waals surface area (Å²) in [5, 5.41) is 13.6. The molecule has 0 aliphatic rings. The highest BCUT2D eigenvalue weighted by Crippen LogP contribution is 2.29. The first-order valence-electron chi connectivity index (χ1n) is 11.2. The van der Waals surface area contributed by atoms with E-state index in [1.165, 1.54) is 19.5 Å². The molecule has 0 bridgehead atoms. The average Bonchev–Trinajstić information content (AvgIpc) is 2.93. The van der Waals surface area contributed by atoms with E-state index in [1.54, 1.807) is 17.0 Å². The number of benzene rings is 2. The number of nitrogens with one attached hydrogen (secondary N) is 1. The quantitative estimate of drug-likeness (QED) is 0.386. The molecule has 0 unspecified atom stereocenters. The van der Waals surface area contributed by atoms with Crippen LogP contribution in [-0.4, -0.2) is 31.6 Å². The molecule has 0 aliphatic carbocycles. The van der Waals surface area contributed by atoms with E-state index in [0.717, 1.165) is 22.3 Å². The fourth-order valence-electron chi connectivity index (χ4n) is 4.07. The monoisotopic (exact) mass is 475 g/mol. The Labute approximate surface area is 206 Å². The molecule has 1 N–H and O–H groups in total. The van der Waals surface area contributed by atoms with Crippen molar-refractivity contribution in [2.45, 2.75) is 13.0 Å². The first-order valence-corrected chi connectivity index (χ1v) is 11.2. The number of para-hydroxylation sites is 1. The van der Waals surface area contributed by atoms with Gasteiger partial charge in [-0.1, -0.05) is 36.4 Å². The van der Waals surface area contributed by atoms with E-state index in [0.29, 0.717) is 22.5 Å². The van der Waals surface area contributed by atoms with Crippen molar-refractivity contribution in [3.8, 4) is 28.9 Å². The van der Waals surface area contributed by atoms with Crippen molar-refractivity contribution in [3.05, 3.63) is 101 Å². The van der Waals surface area contributed by atoms with Gasteiger partial charge in [-0.15, -0.1) is 0 Å². The minimum absolute atomic E-state index is 0.172. The smallest absolute Gasteiger partial charge is 0.316 e. The van der Waals surface area contributed by atoms with Crippen LogP contribution in [0.1, 0.15) is 24.2 Å². The number of methoxy groups -OCH3 is 1. The van der Waals surface area contributed by atoms with Crippen LogP contribution in [0, 0.1) is 11.3 Å². The zero-order valence-electron chi connectivity index (χ0n) is 19.6. The maximum absolute atomic E-state index is 14.1. The van der Waals surface area contributed by atoms with Crippen LogP contribution < -0.4 is 15.6 Å².